The summed E-state index contributed by atoms with van der Waals surface area (Å²) in [6.45, 7) is 2.17. The molecular formula is C12H15NO. The number of para-hydroxylation sites is 1. The molecule has 0 unspecified atom stereocenters. The number of benzene rings is 1. The van der Waals surface area contributed by atoms with E-state index in [2.05, 4.69) is 18.3 Å². The summed E-state index contributed by atoms with van der Waals surface area (Å²) >= 11 is 0. The SMILES string of the molecule is CN[C@@H](C)Cc1coc2ccccc12. The van der Waals surface area contributed by atoms with E-state index >= 15 is 0 Å². The van der Waals surface area contributed by atoms with Crippen molar-refractivity contribution in [2.75, 3.05) is 7.05 Å². The maximum Gasteiger partial charge on any atom is 0.134 e. The van der Waals surface area contributed by atoms with Crippen molar-refractivity contribution in [3.05, 3.63) is 36.1 Å². The lowest BCUT2D eigenvalue weighted by Gasteiger charge is -2.07. The molecule has 2 nitrogen and oxygen atoms in total. The number of likely N-dealkylation sites (N-methyl/N-ethyl adjacent to an activating group) is 1. The predicted molar refractivity (Wildman–Crippen MR) is 58.4 cm³/mol. The van der Waals surface area contributed by atoms with E-state index in [0.717, 1.165) is 12.0 Å². The molecule has 2 rings (SSSR count). The lowest BCUT2D eigenvalue weighted by molar-refractivity contribution is 0.583. The molecule has 14 heavy (non-hydrogen) atoms. The second kappa shape index (κ2) is 3.84. The molecule has 1 aromatic heterocycles. The third-order valence-corrected chi connectivity index (χ3v) is 2.58. The molecule has 1 atom stereocenters. The van der Waals surface area contributed by atoms with Crippen LogP contribution in [0.15, 0.2) is 34.9 Å². The Morgan fingerprint density at radius 1 is 1.36 bits per heavy atom. The summed E-state index contributed by atoms with van der Waals surface area (Å²) in [7, 11) is 1.98. The Kier molecular flexibility index (Phi) is 2.55. The Bertz CT molecular complexity index is 419. The average Bonchev–Trinajstić information content (AvgIpc) is 2.62. The molecule has 0 aliphatic rings. The van der Waals surface area contributed by atoms with E-state index in [-0.39, 0.29) is 0 Å². The largest absolute Gasteiger partial charge is 0.464 e. The van der Waals surface area contributed by atoms with Crippen molar-refractivity contribution >= 4 is 11.0 Å². The van der Waals surface area contributed by atoms with Gasteiger partial charge in [0, 0.05) is 11.4 Å². The number of nitrogens with one attached hydrogen (secondary N) is 1. The molecule has 0 aliphatic heterocycles. The molecule has 0 amide bonds. The number of fused-ring (bicyclic) bond motifs is 1. The monoisotopic (exact) mass is 189 g/mol. The fourth-order valence-corrected chi connectivity index (χ4v) is 1.62. The molecule has 2 heteroatoms. The Hall–Kier alpha value is -1.28. The maximum atomic E-state index is 5.47. The third-order valence-electron chi connectivity index (χ3n) is 2.58. The molecular weight excluding hydrogens is 174 g/mol. The van der Waals surface area contributed by atoms with Crippen LogP contribution in [0.2, 0.25) is 0 Å². The molecule has 1 heterocycles. The molecule has 2 aromatic rings. The first-order chi connectivity index (χ1) is 6.81. The van der Waals surface area contributed by atoms with Crippen molar-refractivity contribution in [3.8, 4) is 0 Å². The molecule has 0 bridgehead atoms. The van der Waals surface area contributed by atoms with E-state index in [1.807, 2.05) is 31.5 Å². The van der Waals surface area contributed by atoms with Crippen LogP contribution in [0.3, 0.4) is 0 Å². The minimum Gasteiger partial charge on any atom is -0.464 e. The van der Waals surface area contributed by atoms with Gasteiger partial charge in [0.1, 0.15) is 5.58 Å². The van der Waals surface area contributed by atoms with Crippen LogP contribution in [0, 0.1) is 0 Å². The highest BCUT2D eigenvalue weighted by atomic mass is 16.3. The van der Waals surface area contributed by atoms with Crippen LogP contribution in [0.5, 0.6) is 0 Å². The summed E-state index contributed by atoms with van der Waals surface area (Å²) in [5.41, 5.74) is 2.26. The van der Waals surface area contributed by atoms with Gasteiger partial charge in [-0.15, -0.1) is 0 Å². The smallest absolute Gasteiger partial charge is 0.134 e. The van der Waals surface area contributed by atoms with Crippen LogP contribution >= 0.6 is 0 Å². The van der Waals surface area contributed by atoms with E-state index < -0.39 is 0 Å². The topological polar surface area (TPSA) is 25.2 Å². The van der Waals surface area contributed by atoms with Gasteiger partial charge in [0.2, 0.25) is 0 Å². The van der Waals surface area contributed by atoms with Crippen molar-refractivity contribution in [1.82, 2.24) is 5.32 Å². The summed E-state index contributed by atoms with van der Waals surface area (Å²) in [4.78, 5) is 0. The molecule has 0 radical (unpaired) electrons. The van der Waals surface area contributed by atoms with E-state index in [4.69, 9.17) is 4.42 Å². The predicted octanol–water partition coefficient (Wildman–Crippen LogP) is 2.58. The quantitative estimate of drug-likeness (QED) is 0.802. The van der Waals surface area contributed by atoms with Crippen LogP contribution in [0.1, 0.15) is 12.5 Å². The van der Waals surface area contributed by atoms with E-state index in [0.29, 0.717) is 6.04 Å². The fourth-order valence-electron chi connectivity index (χ4n) is 1.62. The van der Waals surface area contributed by atoms with Crippen LogP contribution in [-0.4, -0.2) is 13.1 Å². The minimum atomic E-state index is 0.482. The summed E-state index contributed by atoms with van der Waals surface area (Å²) in [5.74, 6) is 0. The summed E-state index contributed by atoms with van der Waals surface area (Å²) in [6.07, 6.45) is 2.87. The number of furan rings is 1. The summed E-state index contributed by atoms with van der Waals surface area (Å²) < 4.78 is 5.47. The summed E-state index contributed by atoms with van der Waals surface area (Å²) in [6, 6.07) is 8.64. The van der Waals surface area contributed by atoms with Crippen LogP contribution in [0.25, 0.3) is 11.0 Å². The van der Waals surface area contributed by atoms with Crippen molar-refractivity contribution in [2.24, 2.45) is 0 Å². The molecule has 0 spiro atoms. The van der Waals surface area contributed by atoms with Crippen molar-refractivity contribution in [3.63, 3.8) is 0 Å². The van der Waals surface area contributed by atoms with Gasteiger partial charge in [-0.05, 0) is 32.0 Å². The molecule has 0 saturated heterocycles. The molecule has 0 aliphatic carbocycles. The van der Waals surface area contributed by atoms with Crippen LogP contribution < -0.4 is 5.32 Å². The molecule has 1 aromatic carbocycles. The Morgan fingerprint density at radius 2 is 2.14 bits per heavy atom. The van der Waals surface area contributed by atoms with E-state index in [9.17, 15) is 0 Å². The van der Waals surface area contributed by atoms with Gasteiger partial charge in [-0.3, -0.25) is 0 Å². The zero-order valence-electron chi connectivity index (χ0n) is 8.58. The van der Waals surface area contributed by atoms with Crippen LogP contribution in [0.4, 0.5) is 0 Å². The van der Waals surface area contributed by atoms with Gasteiger partial charge < -0.3 is 9.73 Å². The first-order valence-electron chi connectivity index (χ1n) is 4.93. The summed E-state index contributed by atoms with van der Waals surface area (Å²) in [5, 5.41) is 4.46. The van der Waals surface area contributed by atoms with E-state index in [1.54, 1.807) is 0 Å². The Balaban J connectivity index is 2.33. The van der Waals surface area contributed by atoms with Gasteiger partial charge in [-0.2, -0.15) is 0 Å². The van der Waals surface area contributed by atoms with Crippen molar-refractivity contribution in [1.29, 1.82) is 0 Å². The Morgan fingerprint density at radius 3 is 2.93 bits per heavy atom. The average molecular weight is 189 g/mol. The first-order valence-corrected chi connectivity index (χ1v) is 4.93. The van der Waals surface area contributed by atoms with Gasteiger partial charge >= 0.3 is 0 Å². The van der Waals surface area contributed by atoms with Gasteiger partial charge in [0.05, 0.1) is 6.26 Å². The van der Waals surface area contributed by atoms with E-state index in [1.165, 1.54) is 10.9 Å². The highest BCUT2D eigenvalue weighted by Crippen LogP contribution is 2.21. The minimum absolute atomic E-state index is 0.482. The second-order valence-electron chi connectivity index (χ2n) is 3.65. The lowest BCUT2D eigenvalue weighted by Crippen LogP contribution is -2.23. The van der Waals surface area contributed by atoms with Gasteiger partial charge in [-0.1, -0.05) is 18.2 Å². The van der Waals surface area contributed by atoms with Gasteiger partial charge in [-0.25, -0.2) is 0 Å². The van der Waals surface area contributed by atoms with Crippen molar-refractivity contribution < 1.29 is 4.42 Å². The highest BCUT2D eigenvalue weighted by molar-refractivity contribution is 5.80. The molecule has 0 fully saturated rings. The fraction of sp³-hybridized carbons (Fsp3) is 0.333. The normalized spacial score (nSPS) is 13.3. The molecule has 0 saturated carbocycles. The zero-order valence-corrected chi connectivity index (χ0v) is 8.58. The van der Waals surface area contributed by atoms with Gasteiger partial charge in [0.15, 0.2) is 0 Å². The second-order valence-corrected chi connectivity index (χ2v) is 3.65. The first kappa shape index (κ1) is 9.28. The van der Waals surface area contributed by atoms with Crippen LogP contribution in [-0.2, 0) is 6.42 Å². The maximum absolute atomic E-state index is 5.47. The number of rotatable bonds is 3. The van der Waals surface area contributed by atoms with Gasteiger partial charge in [0.25, 0.3) is 0 Å². The zero-order chi connectivity index (χ0) is 9.97. The molecule has 74 valence electrons. The third kappa shape index (κ3) is 1.66. The highest BCUT2D eigenvalue weighted by Gasteiger charge is 2.07. The lowest BCUT2D eigenvalue weighted by atomic mass is 10.1. The Labute approximate surface area is 83.9 Å². The molecule has 1 N–H and O–H groups in total. The standard InChI is InChI=1S/C12H15NO/c1-9(13-2)7-10-8-14-12-6-4-3-5-11(10)12/h3-6,8-9,13H,7H2,1-2H3/t9-/m0/s1. The number of hydrogen-bond acceptors (Lipinski definition) is 2. The number of hydrogen-bond donors (Lipinski definition) is 1. The van der Waals surface area contributed by atoms with Crippen molar-refractivity contribution in [2.45, 2.75) is 19.4 Å².